The summed E-state index contributed by atoms with van der Waals surface area (Å²) in [5.74, 6) is 1.15. The standard InChI is InChI=1S/C22H26N6O/c1-27(2)22(29)19-8-9-21(26-24-19)28-12-10-17(11-13-28)20-15-18(23-25-20)14-16-6-4-3-5-7-16/h3-9,15,17H,10-14H2,1-2H3,(H,23,25). The Kier molecular flexibility index (Phi) is 5.55. The zero-order chi connectivity index (χ0) is 20.2. The maximum atomic E-state index is 11.9. The second kappa shape index (κ2) is 8.43. The van der Waals surface area contributed by atoms with Crippen LogP contribution in [0, 0.1) is 0 Å². The molecule has 7 nitrogen and oxygen atoms in total. The molecule has 0 aliphatic carbocycles. The van der Waals surface area contributed by atoms with E-state index in [2.05, 4.69) is 55.6 Å². The first-order valence-corrected chi connectivity index (χ1v) is 9.98. The molecule has 1 saturated heterocycles. The van der Waals surface area contributed by atoms with E-state index in [0.29, 0.717) is 11.6 Å². The first-order chi connectivity index (χ1) is 14.1. The molecule has 0 spiro atoms. The van der Waals surface area contributed by atoms with Crippen LogP contribution in [0.25, 0.3) is 0 Å². The zero-order valence-corrected chi connectivity index (χ0v) is 16.9. The molecule has 7 heteroatoms. The largest absolute Gasteiger partial charge is 0.355 e. The molecule has 1 fully saturated rings. The Hall–Kier alpha value is -3.22. The maximum absolute atomic E-state index is 11.9. The summed E-state index contributed by atoms with van der Waals surface area (Å²) >= 11 is 0. The van der Waals surface area contributed by atoms with Gasteiger partial charge in [-0.1, -0.05) is 30.3 Å². The molecule has 0 bridgehead atoms. The molecule has 3 aromatic rings. The van der Waals surface area contributed by atoms with Crippen molar-refractivity contribution < 1.29 is 4.79 Å². The molecule has 150 valence electrons. The second-order valence-corrected chi connectivity index (χ2v) is 7.72. The molecule has 0 unspecified atom stereocenters. The lowest BCUT2D eigenvalue weighted by Crippen LogP contribution is -2.34. The molecule has 4 rings (SSSR count). The minimum Gasteiger partial charge on any atom is -0.355 e. The van der Waals surface area contributed by atoms with Gasteiger partial charge in [0, 0.05) is 45.2 Å². The van der Waals surface area contributed by atoms with Crippen molar-refractivity contribution in [3.05, 3.63) is 71.2 Å². The van der Waals surface area contributed by atoms with E-state index < -0.39 is 0 Å². The summed E-state index contributed by atoms with van der Waals surface area (Å²) in [7, 11) is 3.42. The smallest absolute Gasteiger partial charge is 0.273 e. The summed E-state index contributed by atoms with van der Waals surface area (Å²) in [6, 6.07) is 16.3. The number of nitrogens with one attached hydrogen (secondary N) is 1. The zero-order valence-electron chi connectivity index (χ0n) is 16.9. The Morgan fingerprint density at radius 3 is 2.52 bits per heavy atom. The van der Waals surface area contributed by atoms with Crippen LogP contribution in [-0.4, -0.2) is 58.4 Å². The highest BCUT2D eigenvalue weighted by Gasteiger charge is 2.24. The van der Waals surface area contributed by atoms with Gasteiger partial charge in [-0.3, -0.25) is 9.89 Å². The van der Waals surface area contributed by atoms with Gasteiger partial charge in [-0.2, -0.15) is 5.10 Å². The van der Waals surface area contributed by atoms with Crippen molar-refractivity contribution in [2.45, 2.75) is 25.2 Å². The Morgan fingerprint density at radius 1 is 1.10 bits per heavy atom. The van der Waals surface area contributed by atoms with Crippen molar-refractivity contribution in [2.75, 3.05) is 32.1 Å². The number of H-pyrrole nitrogens is 1. The highest BCUT2D eigenvalue weighted by Crippen LogP contribution is 2.29. The van der Waals surface area contributed by atoms with Crippen molar-refractivity contribution in [3.8, 4) is 0 Å². The van der Waals surface area contributed by atoms with E-state index in [1.807, 2.05) is 12.1 Å². The lowest BCUT2D eigenvalue weighted by molar-refractivity contribution is 0.0821. The molecule has 1 aliphatic rings. The van der Waals surface area contributed by atoms with E-state index in [9.17, 15) is 4.79 Å². The number of hydrogen-bond acceptors (Lipinski definition) is 5. The van der Waals surface area contributed by atoms with Gasteiger partial charge in [-0.15, -0.1) is 10.2 Å². The summed E-state index contributed by atoms with van der Waals surface area (Å²) in [5.41, 5.74) is 3.96. The summed E-state index contributed by atoms with van der Waals surface area (Å²) in [4.78, 5) is 15.7. The van der Waals surface area contributed by atoms with E-state index in [-0.39, 0.29) is 5.91 Å². The number of aromatic nitrogens is 4. The van der Waals surface area contributed by atoms with Gasteiger partial charge in [0.1, 0.15) is 0 Å². The third-order valence-electron chi connectivity index (χ3n) is 5.40. The molecule has 2 aromatic heterocycles. The fourth-order valence-electron chi connectivity index (χ4n) is 3.74. The molecule has 0 saturated carbocycles. The highest BCUT2D eigenvalue weighted by molar-refractivity contribution is 5.91. The van der Waals surface area contributed by atoms with Gasteiger partial charge >= 0.3 is 0 Å². The molecule has 1 N–H and O–H groups in total. The molecule has 1 aliphatic heterocycles. The van der Waals surface area contributed by atoms with Crippen LogP contribution in [0.2, 0.25) is 0 Å². The van der Waals surface area contributed by atoms with Gasteiger partial charge in [0.25, 0.3) is 5.91 Å². The lowest BCUT2D eigenvalue weighted by atomic mass is 9.93. The molecule has 3 heterocycles. The minimum atomic E-state index is -0.132. The van der Waals surface area contributed by atoms with E-state index in [4.69, 9.17) is 0 Å². The maximum Gasteiger partial charge on any atom is 0.273 e. The number of carbonyl (C=O) groups is 1. The number of aromatic amines is 1. The molecular formula is C22H26N6O. The van der Waals surface area contributed by atoms with Crippen LogP contribution in [0.5, 0.6) is 0 Å². The van der Waals surface area contributed by atoms with E-state index in [0.717, 1.165) is 49.6 Å². The van der Waals surface area contributed by atoms with E-state index in [1.165, 1.54) is 10.5 Å². The molecular weight excluding hydrogens is 364 g/mol. The molecule has 0 radical (unpaired) electrons. The number of carbonyl (C=O) groups excluding carboxylic acids is 1. The average Bonchev–Trinajstić information content (AvgIpc) is 3.22. The second-order valence-electron chi connectivity index (χ2n) is 7.72. The van der Waals surface area contributed by atoms with Crippen LogP contribution < -0.4 is 4.90 Å². The van der Waals surface area contributed by atoms with Gasteiger partial charge in [0.15, 0.2) is 11.5 Å². The third-order valence-corrected chi connectivity index (χ3v) is 5.40. The van der Waals surface area contributed by atoms with Crippen LogP contribution in [0.3, 0.4) is 0 Å². The fourth-order valence-corrected chi connectivity index (χ4v) is 3.74. The Labute approximate surface area is 170 Å². The van der Waals surface area contributed by atoms with Gasteiger partial charge in [0.2, 0.25) is 0 Å². The summed E-state index contributed by atoms with van der Waals surface area (Å²) in [5, 5.41) is 16.1. The SMILES string of the molecule is CN(C)C(=O)c1ccc(N2CCC(c3cc(Cc4ccccc4)[nH]n3)CC2)nn1. The number of anilines is 1. The van der Waals surface area contributed by atoms with Crippen LogP contribution in [0.4, 0.5) is 5.82 Å². The Morgan fingerprint density at radius 2 is 1.86 bits per heavy atom. The Balaban J connectivity index is 1.34. The number of nitrogens with zero attached hydrogens (tertiary/aromatic N) is 5. The number of piperidine rings is 1. The monoisotopic (exact) mass is 390 g/mol. The van der Waals surface area contributed by atoms with Crippen LogP contribution in [0.15, 0.2) is 48.5 Å². The first-order valence-electron chi connectivity index (χ1n) is 9.98. The van der Waals surface area contributed by atoms with E-state index in [1.54, 1.807) is 20.2 Å². The van der Waals surface area contributed by atoms with Crippen molar-refractivity contribution >= 4 is 11.7 Å². The summed E-state index contributed by atoms with van der Waals surface area (Å²) < 4.78 is 0. The van der Waals surface area contributed by atoms with Crippen molar-refractivity contribution in [2.24, 2.45) is 0 Å². The lowest BCUT2D eigenvalue weighted by Gasteiger charge is -2.31. The van der Waals surface area contributed by atoms with Crippen LogP contribution in [-0.2, 0) is 6.42 Å². The minimum absolute atomic E-state index is 0.132. The quantitative estimate of drug-likeness (QED) is 0.725. The Bertz CT molecular complexity index is 943. The van der Waals surface area contributed by atoms with Crippen LogP contribution in [0.1, 0.15) is 46.2 Å². The number of amides is 1. The molecule has 1 amide bonds. The number of rotatable bonds is 5. The molecule has 29 heavy (non-hydrogen) atoms. The highest BCUT2D eigenvalue weighted by atomic mass is 16.2. The fraction of sp³-hybridized carbons (Fsp3) is 0.364. The molecule has 0 atom stereocenters. The summed E-state index contributed by atoms with van der Waals surface area (Å²) in [6.07, 6.45) is 2.92. The molecule has 1 aromatic carbocycles. The number of hydrogen-bond donors (Lipinski definition) is 1. The van der Waals surface area contributed by atoms with Gasteiger partial charge in [-0.25, -0.2) is 0 Å². The van der Waals surface area contributed by atoms with Gasteiger partial charge in [-0.05, 0) is 36.6 Å². The van der Waals surface area contributed by atoms with Gasteiger partial charge in [0.05, 0.1) is 5.69 Å². The predicted octanol–water partition coefficient (Wildman–Crippen LogP) is 2.88. The summed E-state index contributed by atoms with van der Waals surface area (Å²) in [6.45, 7) is 1.81. The average molecular weight is 390 g/mol. The van der Waals surface area contributed by atoms with Crippen molar-refractivity contribution in [1.29, 1.82) is 0 Å². The normalized spacial score (nSPS) is 14.8. The topological polar surface area (TPSA) is 78.0 Å². The van der Waals surface area contributed by atoms with E-state index >= 15 is 0 Å². The van der Waals surface area contributed by atoms with Crippen LogP contribution >= 0.6 is 0 Å². The number of benzene rings is 1. The first kappa shape index (κ1) is 19.1. The third kappa shape index (κ3) is 4.45. The van der Waals surface area contributed by atoms with Crippen molar-refractivity contribution in [1.82, 2.24) is 25.3 Å². The predicted molar refractivity (Wildman–Crippen MR) is 112 cm³/mol. The van der Waals surface area contributed by atoms with Crippen molar-refractivity contribution in [3.63, 3.8) is 0 Å². The van der Waals surface area contributed by atoms with Gasteiger partial charge < -0.3 is 9.80 Å².